The highest BCUT2D eigenvalue weighted by Crippen LogP contribution is 2.22. The SMILES string of the molecule is CN(c1ccccc1)S(=O)(=O)c1ccc(C(=O)NC(C)(C)C)cc1. The molecule has 0 aliphatic heterocycles. The zero-order chi connectivity index (χ0) is 18.0. The highest BCUT2D eigenvalue weighted by Gasteiger charge is 2.22. The van der Waals surface area contributed by atoms with Gasteiger partial charge in [-0.2, -0.15) is 0 Å². The summed E-state index contributed by atoms with van der Waals surface area (Å²) in [7, 11) is -2.16. The number of amides is 1. The minimum absolute atomic E-state index is 0.140. The van der Waals surface area contributed by atoms with Crippen molar-refractivity contribution in [2.75, 3.05) is 11.4 Å². The van der Waals surface area contributed by atoms with E-state index in [0.717, 1.165) is 0 Å². The Bertz CT molecular complexity index is 808. The maximum Gasteiger partial charge on any atom is 0.264 e. The molecule has 1 N–H and O–H groups in total. The molecule has 0 fully saturated rings. The van der Waals surface area contributed by atoms with Crippen molar-refractivity contribution < 1.29 is 13.2 Å². The molecule has 2 aromatic carbocycles. The van der Waals surface area contributed by atoms with Gasteiger partial charge in [0.05, 0.1) is 10.6 Å². The number of rotatable bonds is 4. The predicted molar refractivity (Wildman–Crippen MR) is 95.7 cm³/mol. The highest BCUT2D eigenvalue weighted by atomic mass is 32.2. The number of anilines is 1. The summed E-state index contributed by atoms with van der Waals surface area (Å²) in [6, 6.07) is 14.8. The average molecular weight is 346 g/mol. The fraction of sp³-hybridized carbons (Fsp3) is 0.278. The lowest BCUT2D eigenvalue weighted by Crippen LogP contribution is -2.40. The quantitative estimate of drug-likeness (QED) is 0.925. The van der Waals surface area contributed by atoms with Gasteiger partial charge in [0.25, 0.3) is 15.9 Å². The molecule has 0 spiro atoms. The van der Waals surface area contributed by atoms with Crippen molar-refractivity contribution in [2.45, 2.75) is 31.2 Å². The molecule has 0 saturated carbocycles. The standard InChI is InChI=1S/C18H22N2O3S/c1-18(2,3)19-17(21)14-10-12-16(13-11-14)24(22,23)20(4)15-8-6-5-7-9-15/h5-13H,1-4H3,(H,19,21). The highest BCUT2D eigenvalue weighted by molar-refractivity contribution is 7.92. The van der Waals surface area contributed by atoms with Gasteiger partial charge in [0, 0.05) is 18.2 Å². The Morgan fingerprint density at radius 3 is 2.00 bits per heavy atom. The van der Waals surface area contributed by atoms with Crippen LogP contribution in [-0.2, 0) is 10.0 Å². The van der Waals surface area contributed by atoms with Gasteiger partial charge in [-0.3, -0.25) is 9.10 Å². The van der Waals surface area contributed by atoms with Crippen LogP contribution in [0.25, 0.3) is 0 Å². The van der Waals surface area contributed by atoms with E-state index in [9.17, 15) is 13.2 Å². The number of sulfonamides is 1. The van der Waals surface area contributed by atoms with Crippen molar-refractivity contribution in [3.8, 4) is 0 Å². The van der Waals surface area contributed by atoms with E-state index in [1.54, 1.807) is 24.3 Å². The van der Waals surface area contributed by atoms with Crippen molar-refractivity contribution in [3.63, 3.8) is 0 Å². The molecule has 5 nitrogen and oxygen atoms in total. The summed E-state index contributed by atoms with van der Waals surface area (Å²) in [6.07, 6.45) is 0. The molecule has 0 heterocycles. The Labute approximate surface area is 143 Å². The van der Waals surface area contributed by atoms with E-state index in [2.05, 4.69) is 5.32 Å². The molecule has 0 aliphatic rings. The number of hydrogen-bond donors (Lipinski definition) is 1. The third kappa shape index (κ3) is 4.14. The number of carbonyl (C=O) groups excluding carboxylic acids is 1. The van der Waals surface area contributed by atoms with Crippen LogP contribution in [0.3, 0.4) is 0 Å². The fourth-order valence-corrected chi connectivity index (χ4v) is 3.32. The first kappa shape index (κ1) is 18.0. The fourth-order valence-electron chi connectivity index (χ4n) is 2.13. The van der Waals surface area contributed by atoms with Crippen LogP contribution in [-0.4, -0.2) is 26.9 Å². The van der Waals surface area contributed by atoms with Gasteiger partial charge in [0.1, 0.15) is 0 Å². The van der Waals surface area contributed by atoms with Gasteiger partial charge < -0.3 is 5.32 Å². The molecule has 2 aromatic rings. The number of nitrogens with zero attached hydrogens (tertiary/aromatic N) is 1. The van der Waals surface area contributed by atoms with Gasteiger partial charge in [-0.25, -0.2) is 8.42 Å². The van der Waals surface area contributed by atoms with Crippen LogP contribution in [0.15, 0.2) is 59.5 Å². The molecule has 0 unspecified atom stereocenters. The lowest BCUT2D eigenvalue weighted by molar-refractivity contribution is 0.0919. The number of para-hydroxylation sites is 1. The van der Waals surface area contributed by atoms with E-state index in [0.29, 0.717) is 11.3 Å². The first-order chi connectivity index (χ1) is 11.1. The van der Waals surface area contributed by atoms with Gasteiger partial charge in [-0.15, -0.1) is 0 Å². The zero-order valence-corrected chi connectivity index (χ0v) is 15.1. The summed E-state index contributed by atoms with van der Waals surface area (Å²) in [5, 5.41) is 2.84. The molecule has 128 valence electrons. The minimum atomic E-state index is -3.67. The van der Waals surface area contributed by atoms with Crippen molar-refractivity contribution in [2.24, 2.45) is 0 Å². The van der Waals surface area contributed by atoms with Crippen molar-refractivity contribution in [3.05, 3.63) is 60.2 Å². The van der Waals surface area contributed by atoms with Crippen LogP contribution in [0.1, 0.15) is 31.1 Å². The van der Waals surface area contributed by atoms with Crippen LogP contribution in [0.4, 0.5) is 5.69 Å². The molecule has 1 amide bonds. The van der Waals surface area contributed by atoms with E-state index in [1.807, 2.05) is 26.8 Å². The average Bonchev–Trinajstić information content (AvgIpc) is 2.53. The largest absolute Gasteiger partial charge is 0.347 e. The number of benzene rings is 2. The molecule has 0 saturated heterocycles. The van der Waals surface area contributed by atoms with E-state index in [1.165, 1.54) is 35.6 Å². The Kier molecular flexibility index (Phi) is 4.99. The molecule has 0 radical (unpaired) electrons. The van der Waals surface area contributed by atoms with E-state index >= 15 is 0 Å². The summed E-state index contributed by atoms with van der Waals surface area (Å²) < 4.78 is 26.6. The van der Waals surface area contributed by atoms with Gasteiger partial charge in [-0.05, 0) is 57.2 Å². The summed E-state index contributed by atoms with van der Waals surface area (Å²) in [6.45, 7) is 5.66. The lowest BCUT2D eigenvalue weighted by Gasteiger charge is -2.21. The Morgan fingerprint density at radius 2 is 1.50 bits per heavy atom. The van der Waals surface area contributed by atoms with Gasteiger partial charge in [0.2, 0.25) is 0 Å². The monoisotopic (exact) mass is 346 g/mol. The van der Waals surface area contributed by atoms with Crippen LogP contribution < -0.4 is 9.62 Å². The second kappa shape index (κ2) is 6.65. The summed E-state index contributed by atoms with van der Waals surface area (Å²) in [4.78, 5) is 12.2. The molecule has 0 atom stereocenters. The smallest absolute Gasteiger partial charge is 0.264 e. The van der Waals surface area contributed by atoms with Gasteiger partial charge in [-0.1, -0.05) is 18.2 Å². The first-order valence-corrected chi connectivity index (χ1v) is 9.02. The Morgan fingerprint density at radius 1 is 0.958 bits per heavy atom. The first-order valence-electron chi connectivity index (χ1n) is 7.58. The lowest BCUT2D eigenvalue weighted by atomic mass is 10.1. The van der Waals surface area contributed by atoms with Crippen molar-refractivity contribution in [1.82, 2.24) is 5.32 Å². The van der Waals surface area contributed by atoms with Gasteiger partial charge >= 0.3 is 0 Å². The zero-order valence-electron chi connectivity index (χ0n) is 14.3. The molecule has 24 heavy (non-hydrogen) atoms. The number of carbonyl (C=O) groups is 1. The number of nitrogens with one attached hydrogen (secondary N) is 1. The summed E-state index contributed by atoms with van der Waals surface area (Å²) in [5.74, 6) is -0.233. The molecule has 6 heteroatoms. The van der Waals surface area contributed by atoms with Crippen molar-refractivity contribution >= 4 is 21.6 Å². The molecular weight excluding hydrogens is 324 g/mol. The van der Waals surface area contributed by atoms with Crippen LogP contribution in [0.2, 0.25) is 0 Å². The third-order valence-corrected chi connectivity index (χ3v) is 5.18. The van der Waals surface area contributed by atoms with Gasteiger partial charge in [0.15, 0.2) is 0 Å². The maximum atomic E-state index is 12.7. The summed E-state index contributed by atoms with van der Waals surface area (Å²) >= 11 is 0. The third-order valence-electron chi connectivity index (χ3n) is 3.38. The minimum Gasteiger partial charge on any atom is -0.347 e. The Balaban J connectivity index is 2.25. The molecule has 0 aliphatic carbocycles. The van der Waals surface area contributed by atoms with Crippen molar-refractivity contribution in [1.29, 1.82) is 0 Å². The van der Waals surface area contributed by atoms with E-state index in [-0.39, 0.29) is 16.3 Å². The molecule has 0 bridgehead atoms. The second-order valence-electron chi connectivity index (χ2n) is 6.54. The van der Waals surface area contributed by atoms with Crippen LogP contribution in [0.5, 0.6) is 0 Å². The maximum absolute atomic E-state index is 12.7. The van der Waals surface area contributed by atoms with E-state index in [4.69, 9.17) is 0 Å². The number of hydrogen-bond acceptors (Lipinski definition) is 3. The summed E-state index contributed by atoms with van der Waals surface area (Å²) in [5.41, 5.74) is 0.647. The molecule has 0 aromatic heterocycles. The van der Waals surface area contributed by atoms with E-state index < -0.39 is 10.0 Å². The Hall–Kier alpha value is -2.34. The van der Waals surface area contributed by atoms with Crippen LogP contribution >= 0.6 is 0 Å². The topological polar surface area (TPSA) is 66.5 Å². The normalized spacial score (nSPS) is 11.8. The predicted octanol–water partition coefficient (Wildman–Crippen LogP) is 3.04. The van der Waals surface area contributed by atoms with Crippen LogP contribution in [0, 0.1) is 0 Å². The second-order valence-corrected chi connectivity index (χ2v) is 8.51. The molecular formula is C18H22N2O3S. The molecule has 2 rings (SSSR count).